The monoisotopic (exact) mass is 810 g/mol. The molecule has 6 atom stereocenters. The fraction of sp³-hybridized carbons (Fsp3) is 0.553. The minimum atomic E-state index is -4.79. The number of nitrogen functional groups attached to an aromatic ring is 1. The van der Waals surface area contributed by atoms with Crippen molar-refractivity contribution in [3.8, 4) is 11.8 Å². The molecule has 57 heavy (non-hydrogen) atoms. The Balaban J connectivity index is 1.41. The standard InChI is InChI=1S/C38H47N6O12P/c1-36(2,34(47)48)30-27(55-38(20-39,31(30)37(3,4)35(49)50)28-17-16-26-32(40)41-21-42-44(26)28)19-52-57(51,56-24-10-6-5-7-11-24)43-25(33(46)54-23-14-9-15-23)18-29(45)53-22-12-8-13-22/h5-7,10-11,16-17,21-23,25,27,30-31H,8-9,12-15,18-19H2,1-4H3,(H,43,51)(H,47,48)(H,49,50)(H2,40,41,42)/t25-,27-,30+,31+,38-,57?/m0/s1. The molecule has 1 unspecified atom stereocenters. The van der Waals surface area contributed by atoms with Gasteiger partial charge >= 0.3 is 31.6 Å². The van der Waals surface area contributed by atoms with Crippen molar-refractivity contribution in [2.75, 3.05) is 12.3 Å². The Hall–Kier alpha value is -5.08. The summed E-state index contributed by atoms with van der Waals surface area (Å²) in [5.74, 6) is -7.02. The summed E-state index contributed by atoms with van der Waals surface area (Å²) in [4.78, 5) is 56.8. The first-order valence-corrected chi connectivity index (χ1v) is 20.3. The van der Waals surface area contributed by atoms with Gasteiger partial charge in [-0.2, -0.15) is 15.4 Å². The Morgan fingerprint density at radius 2 is 1.65 bits per heavy atom. The number of nitrogens with zero attached hydrogens (tertiary/aromatic N) is 4. The van der Waals surface area contributed by atoms with E-state index < -0.39 is 91.2 Å². The van der Waals surface area contributed by atoms with Crippen LogP contribution in [0.4, 0.5) is 5.82 Å². The number of esters is 2. The van der Waals surface area contributed by atoms with E-state index in [0.29, 0.717) is 25.7 Å². The van der Waals surface area contributed by atoms with Crippen LogP contribution in [-0.2, 0) is 48.1 Å². The van der Waals surface area contributed by atoms with Crippen LogP contribution in [0.15, 0.2) is 48.8 Å². The summed E-state index contributed by atoms with van der Waals surface area (Å²) in [6.45, 7) is 4.68. The Kier molecular flexibility index (Phi) is 11.7. The summed E-state index contributed by atoms with van der Waals surface area (Å²) >= 11 is 0. The van der Waals surface area contributed by atoms with Crippen LogP contribution >= 0.6 is 7.75 Å². The number of anilines is 1. The van der Waals surface area contributed by atoms with Gasteiger partial charge in [0.1, 0.15) is 41.9 Å². The molecule has 306 valence electrons. The van der Waals surface area contributed by atoms with E-state index in [9.17, 15) is 39.2 Å². The van der Waals surface area contributed by atoms with Crippen LogP contribution in [0.25, 0.3) is 5.52 Å². The molecule has 3 aliphatic rings. The van der Waals surface area contributed by atoms with Gasteiger partial charge in [0.25, 0.3) is 0 Å². The van der Waals surface area contributed by atoms with Crippen LogP contribution in [0.3, 0.4) is 0 Å². The zero-order valence-electron chi connectivity index (χ0n) is 32.0. The second-order valence-corrected chi connectivity index (χ2v) is 17.5. The van der Waals surface area contributed by atoms with Crippen molar-refractivity contribution in [1.82, 2.24) is 19.7 Å². The molecule has 6 rings (SSSR count). The first-order valence-electron chi connectivity index (χ1n) is 18.7. The number of aromatic nitrogens is 3. The number of nitrogens with one attached hydrogen (secondary N) is 1. The summed E-state index contributed by atoms with van der Waals surface area (Å²) in [6, 6.07) is 11.4. The molecule has 1 saturated heterocycles. The predicted octanol–water partition coefficient (Wildman–Crippen LogP) is 4.63. The zero-order chi connectivity index (χ0) is 41.3. The molecule has 2 aromatic heterocycles. The summed E-state index contributed by atoms with van der Waals surface area (Å²) in [7, 11) is -4.79. The van der Waals surface area contributed by atoms with Crippen molar-refractivity contribution in [2.45, 2.75) is 103 Å². The highest BCUT2D eigenvalue weighted by molar-refractivity contribution is 7.52. The molecule has 0 spiro atoms. The molecule has 3 fully saturated rings. The van der Waals surface area contributed by atoms with Crippen LogP contribution in [0.2, 0.25) is 0 Å². The van der Waals surface area contributed by atoms with Crippen molar-refractivity contribution >= 4 is 43.0 Å². The summed E-state index contributed by atoms with van der Waals surface area (Å²) < 4.78 is 45.9. The van der Waals surface area contributed by atoms with Gasteiger partial charge in [-0.3, -0.25) is 23.7 Å². The van der Waals surface area contributed by atoms with E-state index in [1.54, 1.807) is 18.2 Å². The maximum atomic E-state index is 15.0. The number of aliphatic carboxylic acids is 2. The molecule has 5 N–H and O–H groups in total. The van der Waals surface area contributed by atoms with Crippen LogP contribution < -0.4 is 15.3 Å². The number of para-hydroxylation sites is 1. The number of carboxylic acids is 2. The quantitative estimate of drug-likeness (QED) is 0.107. The van der Waals surface area contributed by atoms with Gasteiger partial charge in [-0.05, 0) is 90.5 Å². The Morgan fingerprint density at radius 3 is 2.23 bits per heavy atom. The van der Waals surface area contributed by atoms with E-state index in [2.05, 4.69) is 21.2 Å². The number of hydrogen-bond acceptors (Lipinski definition) is 14. The number of carbonyl (C=O) groups is 4. The highest BCUT2D eigenvalue weighted by atomic mass is 31.2. The van der Waals surface area contributed by atoms with E-state index in [0.717, 1.165) is 19.2 Å². The smallest absolute Gasteiger partial charge is 0.459 e. The van der Waals surface area contributed by atoms with E-state index in [-0.39, 0.29) is 28.9 Å². The first-order chi connectivity index (χ1) is 26.9. The SMILES string of the molecule is CC(C)(C(=O)O)[C@@H]1[C@H](COP(=O)(N[C@@H](CC(=O)OC2CCC2)C(=O)OC2CCC2)Oc2ccccc2)O[C@@](C#N)(c2ccc3c(N)ncnn23)[C@H]1C(C)(C)C(=O)O. The van der Waals surface area contributed by atoms with Crippen LogP contribution in [0.5, 0.6) is 5.75 Å². The van der Waals surface area contributed by atoms with Crippen molar-refractivity contribution in [3.63, 3.8) is 0 Å². The van der Waals surface area contributed by atoms with Gasteiger partial charge < -0.3 is 34.7 Å². The van der Waals surface area contributed by atoms with Crippen molar-refractivity contribution in [2.24, 2.45) is 22.7 Å². The number of carboxylic acid groups (broad SMARTS) is 2. The molecule has 19 heteroatoms. The molecule has 2 aliphatic carbocycles. The molecule has 2 saturated carbocycles. The lowest BCUT2D eigenvalue weighted by Crippen LogP contribution is -2.52. The number of ether oxygens (including phenoxy) is 3. The van der Waals surface area contributed by atoms with Gasteiger partial charge in [-0.25, -0.2) is 14.1 Å². The van der Waals surface area contributed by atoms with E-state index in [1.165, 1.54) is 56.5 Å². The molecule has 0 radical (unpaired) electrons. The maximum absolute atomic E-state index is 15.0. The molecule has 1 aromatic carbocycles. The predicted molar refractivity (Wildman–Crippen MR) is 199 cm³/mol. The largest absolute Gasteiger partial charge is 0.481 e. The Morgan fingerprint density at radius 1 is 1.02 bits per heavy atom. The highest BCUT2D eigenvalue weighted by Crippen LogP contribution is 2.60. The lowest BCUT2D eigenvalue weighted by molar-refractivity contribution is -0.162. The van der Waals surface area contributed by atoms with Gasteiger partial charge in [0, 0.05) is 11.8 Å². The van der Waals surface area contributed by atoms with Crippen LogP contribution in [0.1, 0.15) is 78.3 Å². The van der Waals surface area contributed by atoms with Crippen LogP contribution in [-0.4, -0.2) is 79.6 Å². The molecular weight excluding hydrogens is 763 g/mol. The van der Waals surface area contributed by atoms with E-state index in [1.807, 2.05) is 0 Å². The van der Waals surface area contributed by atoms with Gasteiger partial charge in [0.15, 0.2) is 5.82 Å². The summed E-state index contributed by atoms with van der Waals surface area (Å²) in [6.07, 6.45) is 2.70. The van der Waals surface area contributed by atoms with Gasteiger partial charge in [-0.15, -0.1) is 0 Å². The first kappa shape index (κ1) is 41.6. The lowest BCUT2D eigenvalue weighted by atomic mass is 9.57. The third kappa shape index (κ3) is 8.20. The number of hydrogen-bond donors (Lipinski definition) is 4. The normalized spacial score (nSPS) is 24.3. The molecule has 0 bridgehead atoms. The lowest BCUT2D eigenvalue weighted by Gasteiger charge is -2.42. The third-order valence-corrected chi connectivity index (χ3v) is 12.9. The maximum Gasteiger partial charge on any atom is 0.459 e. The third-order valence-electron chi connectivity index (χ3n) is 11.3. The molecule has 3 heterocycles. The van der Waals surface area contributed by atoms with Gasteiger partial charge in [0.05, 0.1) is 35.7 Å². The summed E-state index contributed by atoms with van der Waals surface area (Å²) in [5.41, 5.74) is 0.513. The molecule has 0 amide bonds. The molecule has 1 aliphatic heterocycles. The second kappa shape index (κ2) is 16.0. The van der Waals surface area contributed by atoms with Crippen molar-refractivity contribution in [1.29, 1.82) is 5.26 Å². The highest BCUT2D eigenvalue weighted by Gasteiger charge is 2.68. The minimum Gasteiger partial charge on any atom is -0.481 e. The topological polar surface area (TPSA) is 264 Å². The van der Waals surface area contributed by atoms with Crippen LogP contribution in [0, 0.1) is 34.0 Å². The fourth-order valence-corrected chi connectivity index (χ4v) is 9.09. The van der Waals surface area contributed by atoms with E-state index >= 15 is 0 Å². The van der Waals surface area contributed by atoms with Crippen molar-refractivity contribution < 1.29 is 57.2 Å². The summed E-state index contributed by atoms with van der Waals surface area (Å²) in [5, 5.41) is 39.2. The number of benzene rings is 1. The number of nitriles is 1. The minimum absolute atomic E-state index is 0.0349. The molecule has 18 nitrogen and oxygen atoms in total. The average Bonchev–Trinajstić information content (AvgIpc) is 3.72. The molecule has 3 aromatic rings. The number of fused-ring (bicyclic) bond motifs is 1. The van der Waals surface area contributed by atoms with Gasteiger partial charge in [0.2, 0.25) is 5.60 Å². The average molecular weight is 811 g/mol. The van der Waals surface area contributed by atoms with Gasteiger partial charge in [-0.1, -0.05) is 18.2 Å². The fourth-order valence-electron chi connectivity index (χ4n) is 7.59. The Bertz CT molecular complexity index is 2100. The molecular formula is C38H47N6O12P. The number of nitrogens with two attached hydrogens (primary N) is 1. The van der Waals surface area contributed by atoms with E-state index in [4.69, 9.17) is 29.0 Å². The number of carbonyl (C=O) groups excluding carboxylic acids is 2. The van der Waals surface area contributed by atoms with Crippen molar-refractivity contribution in [3.05, 3.63) is 54.5 Å². The zero-order valence-corrected chi connectivity index (χ0v) is 32.9. The Labute approximate surface area is 328 Å². The second-order valence-electron chi connectivity index (χ2n) is 15.8. The number of rotatable bonds is 17.